The van der Waals surface area contributed by atoms with Crippen molar-refractivity contribution < 1.29 is 4.74 Å². The molecular weight excluding hydrogens is 272 g/mol. The molecule has 1 unspecified atom stereocenters. The highest BCUT2D eigenvalue weighted by molar-refractivity contribution is 6.31. The number of rotatable bonds is 5. The molecule has 0 saturated carbocycles. The second-order valence-corrected chi connectivity index (χ2v) is 6.29. The summed E-state index contributed by atoms with van der Waals surface area (Å²) in [5.74, 6) is 0.642. The third-order valence-corrected chi connectivity index (χ3v) is 3.98. The van der Waals surface area contributed by atoms with E-state index in [1.54, 1.807) is 0 Å². The molecule has 112 valence electrons. The van der Waals surface area contributed by atoms with E-state index >= 15 is 0 Å². The van der Waals surface area contributed by atoms with Crippen LogP contribution in [0.25, 0.3) is 0 Å². The number of hydrogen-bond acceptors (Lipinski definition) is 3. The van der Waals surface area contributed by atoms with Crippen LogP contribution >= 0.6 is 11.6 Å². The summed E-state index contributed by atoms with van der Waals surface area (Å²) >= 11 is 6.41. The first-order valence-corrected chi connectivity index (χ1v) is 7.80. The number of nitrogens with one attached hydrogen (secondary N) is 1. The predicted octanol–water partition coefficient (Wildman–Crippen LogP) is 3.31. The van der Waals surface area contributed by atoms with Crippen LogP contribution in [0.2, 0.25) is 5.02 Å². The van der Waals surface area contributed by atoms with Gasteiger partial charge >= 0.3 is 0 Å². The van der Waals surface area contributed by atoms with Gasteiger partial charge in [0.2, 0.25) is 0 Å². The number of anilines is 1. The third kappa shape index (κ3) is 3.87. The van der Waals surface area contributed by atoms with Gasteiger partial charge < -0.3 is 15.0 Å². The number of halogens is 1. The predicted molar refractivity (Wildman–Crippen MR) is 85.6 cm³/mol. The Hall–Kier alpha value is -0.770. The van der Waals surface area contributed by atoms with Gasteiger partial charge in [0.1, 0.15) is 0 Å². The Labute approximate surface area is 127 Å². The van der Waals surface area contributed by atoms with Gasteiger partial charge in [0.15, 0.2) is 0 Å². The molecule has 1 aromatic carbocycles. The quantitative estimate of drug-likeness (QED) is 0.902. The maximum absolute atomic E-state index is 6.41. The van der Waals surface area contributed by atoms with E-state index in [1.807, 2.05) is 12.1 Å². The first-order valence-electron chi connectivity index (χ1n) is 7.42. The highest BCUT2D eigenvalue weighted by Crippen LogP contribution is 2.29. The van der Waals surface area contributed by atoms with Crippen molar-refractivity contribution in [2.75, 3.05) is 31.2 Å². The van der Waals surface area contributed by atoms with Crippen molar-refractivity contribution in [2.45, 2.75) is 33.4 Å². The molecule has 0 bridgehead atoms. The van der Waals surface area contributed by atoms with Crippen molar-refractivity contribution in [3.63, 3.8) is 0 Å². The molecule has 3 nitrogen and oxygen atoms in total. The molecule has 0 aromatic heterocycles. The summed E-state index contributed by atoms with van der Waals surface area (Å²) in [6.07, 6.45) is 0. The SMILES string of the molecule is CC(C)CNCc1c(Cl)cccc1N1CCOCC1C. The fourth-order valence-corrected chi connectivity index (χ4v) is 2.80. The van der Waals surface area contributed by atoms with Crippen LogP contribution < -0.4 is 10.2 Å². The first kappa shape index (κ1) is 15.6. The van der Waals surface area contributed by atoms with Gasteiger partial charge in [0, 0.05) is 35.4 Å². The molecule has 1 aromatic rings. The van der Waals surface area contributed by atoms with Crippen molar-refractivity contribution in [2.24, 2.45) is 5.92 Å². The van der Waals surface area contributed by atoms with Gasteiger partial charge in [-0.25, -0.2) is 0 Å². The van der Waals surface area contributed by atoms with E-state index in [0.717, 1.165) is 37.9 Å². The Morgan fingerprint density at radius 2 is 2.25 bits per heavy atom. The van der Waals surface area contributed by atoms with Crippen molar-refractivity contribution in [1.29, 1.82) is 0 Å². The zero-order valence-electron chi connectivity index (χ0n) is 12.7. The molecule has 1 saturated heterocycles. The molecule has 20 heavy (non-hydrogen) atoms. The summed E-state index contributed by atoms with van der Waals surface area (Å²) in [6, 6.07) is 6.57. The average molecular weight is 297 g/mol. The molecule has 1 aliphatic heterocycles. The highest BCUT2D eigenvalue weighted by atomic mass is 35.5. The van der Waals surface area contributed by atoms with E-state index in [2.05, 4.69) is 37.1 Å². The number of hydrogen-bond donors (Lipinski definition) is 1. The molecule has 1 heterocycles. The molecule has 0 aliphatic carbocycles. The maximum atomic E-state index is 6.41. The smallest absolute Gasteiger partial charge is 0.0668 e. The van der Waals surface area contributed by atoms with Crippen LogP contribution in [0.3, 0.4) is 0 Å². The summed E-state index contributed by atoms with van der Waals surface area (Å²) in [4.78, 5) is 2.40. The van der Waals surface area contributed by atoms with Crippen molar-refractivity contribution in [1.82, 2.24) is 5.32 Å². The Kier molecular flexibility index (Phi) is 5.70. The fraction of sp³-hybridized carbons (Fsp3) is 0.625. The van der Waals surface area contributed by atoms with E-state index < -0.39 is 0 Å². The first-order chi connectivity index (χ1) is 9.59. The molecule has 0 spiro atoms. The fourth-order valence-electron chi connectivity index (χ4n) is 2.56. The van der Waals surface area contributed by atoms with Gasteiger partial charge in [-0.15, -0.1) is 0 Å². The summed E-state index contributed by atoms with van der Waals surface area (Å²) in [5, 5.41) is 4.34. The molecule has 4 heteroatoms. The maximum Gasteiger partial charge on any atom is 0.0668 e. The van der Waals surface area contributed by atoms with Gasteiger partial charge in [-0.1, -0.05) is 31.5 Å². The lowest BCUT2D eigenvalue weighted by Crippen LogP contribution is -2.44. The number of ether oxygens (including phenoxy) is 1. The molecule has 2 rings (SSSR count). The largest absolute Gasteiger partial charge is 0.377 e. The highest BCUT2D eigenvalue weighted by Gasteiger charge is 2.22. The zero-order chi connectivity index (χ0) is 14.5. The van der Waals surface area contributed by atoms with Crippen LogP contribution in [-0.4, -0.2) is 32.3 Å². The van der Waals surface area contributed by atoms with Crippen LogP contribution in [0, 0.1) is 5.92 Å². The molecular formula is C16H25ClN2O. The molecule has 1 atom stereocenters. The lowest BCUT2D eigenvalue weighted by atomic mass is 10.1. The monoisotopic (exact) mass is 296 g/mol. The van der Waals surface area contributed by atoms with E-state index in [4.69, 9.17) is 16.3 Å². The Balaban J connectivity index is 2.16. The zero-order valence-corrected chi connectivity index (χ0v) is 13.4. The van der Waals surface area contributed by atoms with Gasteiger partial charge in [-0.2, -0.15) is 0 Å². The van der Waals surface area contributed by atoms with Gasteiger partial charge in [-0.3, -0.25) is 0 Å². The van der Waals surface area contributed by atoms with Crippen LogP contribution in [0.4, 0.5) is 5.69 Å². The minimum atomic E-state index is 0.395. The van der Waals surface area contributed by atoms with Crippen LogP contribution in [0.5, 0.6) is 0 Å². The second kappa shape index (κ2) is 7.30. The van der Waals surface area contributed by atoms with Crippen LogP contribution in [-0.2, 0) is 11.3 Å². The Morgan fingerprint density at radius 3 is 2.95 bits per heavy atom. The van der Waals surface area contributed by atoms with Gasteiger partial charge in [-0.05, 0) is 31.5 Å². The van der Waals surface area contributed by atoms with E-state index in [0.29, 0.717) is 12.0 Å². The third-order valence-electron chi connectivity index (χ3n) is 3.63. The summed E-state index contributed by atoms with van der Waals surface area (Å²) in [5.41, 5.74) is 2.44. The number of benzene rings is 1. The molecule has 1 N–H and O–H groups in total. The van der Waals surface area contributed by atoms with Crippen molar-refractivity contribution >= 4 is 17.3 Å². The Bertz CT molecular complexity index is 436. The summed E-state index contributed by atoms with van der Waals surface area (Å²) in [6.45, 7) is 10.9. The molecule has 1 fully saturated rings. The van der Waals surface area contributed by atoms with E-state index in [-0.39, 0.29) is 0 Å². The Morgan fingerprint density at radius 1 is 1.45 bits per heavy atom. The average Bonchev–Trinajstić information content (AvgIpc) is 2.41. The molecule has 0 radical (unpaired) electrons. The standard InChI is InChI=1S/C16H25ClN2O/c1-12(2)9-18-10-14-15(17)5-4-6-16(14)19-7-8-20-11-13(19)3/h4-6,12-13,18H,7-11H2,1-3H3. The van der Waals surface area contributed by atoms with Crippen LogP contribution in [0.15, 0.2) is 18.2 Å². The summed E-state index contributed by atoms with van der Waals surface area (Å²) < 4.78 is 5.53. The van der Waals surface area contributed by atoms with E-state index in [9.17, 15) is 0 Å². The lowest BCUT2D eigenvalue weighted by Gasteiger charge is -2.36. The van der Waals surface area contributed by atoms with E-state index in [1.165, 1.54) is 11.3 Å². The molecule has 0 amide bonds. The van der Waals surface area contributed by atoms with Gasteiger partial charge in [0.05, 0.1) is 13.2 Å². The minimum Gasteiger partial charge on any atom is -0.377 e. The van der Waals surface area contributed by atoms with Crippen molar-refractivity contribution in [3.8, 4) is 0 Å². The van der Waals surface area contributed by atoms with Gasteiger partial charge in [0.25, 0.3) is 0 Å². The van der Waals surface area contributed by atoms with Crippen LogP contribution in [0.1, 0.15) is 26.3 Å². The minimum absolute atomic E-state index is 0.395. The second-order valence-electron chi connectivity index (χ2n) is 5.88. The summed E-state index contributed by atoms with van der Waals surface area (Å²) in [7, 11) is 0. The van der Waals surface area contributed by atoms with Crippen molar-refractivity contribution in [3.05, 3.63) is 28.8 Å². The molecule has 1 aliphatic rings. The number of morpholine rings is 1. The topological polar surface area (TPSA) is 24.5 Å². The number of nitrogens with zero attached hydrogens (tertiary/aromatic N) is 1. The normalized spacial score (nSPS) is 19.6. The lowest BCUT2D eigenvalue weighted by molar-refractivity contribution is 0.0988.